The van der Waals surface area contributed by atoms with Crippen molar-refractivity contribution in [3.8, 4) is 0 Å². The molecule has 6 heteroatoms. The maximum absolute atomic E-state index is 12.3. The van der Waals surface area contributed by atoms with E-state index in [-0.39, 0.29) is 12.0 Å². The van der Waals surface area contributed by atoms with Gasteiger partial charge in [0.25, 0.3) is 5.91 Å². The highest BCUT2D eigenvalue weighted by atomic mass is 16.3. The van der Waals surface area contributed by atoms with E-state index in [1.165, 1.54) is 0 Å². The minimum Gasteiger partial charge on any atom is -0.393 e. The molecule has 1 aromatic rings. The number of nitrogens with zero attached hydrogens (tertiary/aromatic N) is 3. The van der Waals surface area contributed by atoms with Crippen LogP contribution in [0.3, 0.4) is 0 Å². The molecule has 0 saturated carbocycles. The van der Waals surface area contributed by atoms with E-state index in [0.717, 1.165) is 25.5 Å². The first kappa shape index (κ1) is 11.5. The fourth-order valence-corrected chi connectivity index (χ4v) is 2.51. The molecule has 0 radical (unpaired) electrons. The van der Waals surface area contributed by atoms with Gasteiger partial charge >= 0.3 is 0 Å². The van der Waals surface area contributed by atoms with Crippen LogP contribution in [-0.4, -0.2) is 51.2 Å². The van der Waals surface area contributed by atoms with Crippen molar-refractivity contribution in [2.45, 2.75) is 31.9 Å². The number of fused-ring (bicyclic) bond motifs is 1. The van der Waals surface area contributed by atoms with Crippen LogP contribution in [0.1, 0.15) is 29.8 Å². The molecule has 0 bridgehead atoms. The predicted octanol–water partition coefficient (Wildman–Crippen LogP) is 0.296. The number of amides is 1. The van der Waals surface area contributed by atoms with Crippen molar-refractivity contribution in [3.63, 3.8) is 0 Å². The SMILES string of the molecule is O=C(c1cn2c(n1)NCCC2)N1CCC(O)CC1. The van der Waals surface area contributed by atoms with Gasteiger partial charge in [-0.15, -0.1) is 0 Å². The van der Waals surface area contributed by atoms with E-state index in [2.05, 4.69) is 10.3 Å². The molecule has 1 aromatic heterocycles. The van der Waals surface area contributed by atoms with Crippen molar-refractivity contribution in [2.75, 3.05) is 25.0 Å². The summed E-state index contributed by atoms with van der Waals surface area (Å²) in [5.41, 5.74) is 0.510. The van der Waals surface area contributed by atoms with Gasteiger partial charge in [0.05, 0.1) is 6.10 Å². The fourth-order valence-electron chi connectivity index (χ4n) is 2.51. The van der Waals surface area contributed by atoms with Gasteiger partial charge in [-0.1, -0.05) is 0 Å². The van der Waals surface area contributed by atoms with Crippen LogP contribution in [0.5, 0.6) is 0 Å². The van der Waals surface area contributed by atoms with Crippen molar-refractivity contribution in [1.82, 2.24) is 14.5 Å². The number of hydrogen-bond donors (Lipinski definition) is 2. The highest BCUT2D eigenvalue weighted by molar-refractivity contribution is 5.92. The number of nitrogens with one attached hydrogen (secondary N) is 1. The van der Waals surface area contributed by atoms with Gasteiger partial charge in [0.15, 0.2) is 0 Å². The van der Waals surface area contributed by atoms with E-state index in [0.29, 0.717) is 31.6 Å². The Morgan fingerprint density at radius 1 is 1.39 bits per heavy atom. The van der Waals surface area contributed by atoms with Gasteiger partial charge in [0.1, 0.15) is 5.69 Å². The molecule has 98 valence electrons. The third-order valence-corrected chi connectivity index (χ3v) is 3.61. The molecule has 18 heavy (non-hydrogen) atoms. The Morgan fingerprint density at radius 3 is 2.89 bits per heavy atom. The summed E-state index contributed by atoms with van der Waals surface area (Å²) < 4.78 is 2.00. The zero-order chi connectivity index (χ0) is 12.5. The van der Waals surface area contributed by atoms with Crippen LogP contribution in [0.25, 0.3) is 0 Å². The number of aliphatic hydroxyl groups is 1. The second kappa shape index (κ2) is 4.61. The molecule has 0 aromatic carbocycles. The molecule has 1 fully saturated rings. The molecule has 0 spiro atoms. The van der Waals surface area contributed by atoms with E-state index in [4.69, 9.17) is 0 Å². The Kier molecular flexibility index (Phi) is 2.95. The minimum absolute atomic E-state index is 0.0226. The molecule has 0 aliphatic carbocycles. The normalized spacial score (nSPS) is 20.4. The van der Waals surface area contributed by atoms with Crippen LogP contribution in [-0.2, 0) is 6.54 Å². The highest BCUT2D eigenvalue weighted by Gasteiger charge is 2.25. The summed E-state index contributed by atoms with van der Waals surface area (Å²) in [5, 5.41) is 12.6. The van der Waals surface area contributed by atoms with Crippen molar-refractivity contribution in [3.05, 3.63) is 11.9 Å². The smallest absolute Gasteiger partial charge is 0.274 e. The number of carbonyl (C=O) groups excluding carboxylic acids is 1. The monoisotopic (exact) mass is 250 g/mol. The van der Waals surface area contributed by atoms with Crippen LogP contribution in [0, 0.1) is 0 Å². The lowest BCUT2D eigenvalue weighted by molar-refractivity contribution is 0.0542. The molecule has 3 heterocycles. The number of aliphatic hydroxyl groups excluding tert-OH is 1. The Hall–Kier alpha value is -1.56. The topological polar surface area (TPSA) is 70.4 Å². The Balaban J connectivity index is 1.74. The van der Waals surface area contributed by atoms with Crippen molar-refractivity contribution >= 4 is 11.9 Å². The Bertz CT molecular complexity index is 425. The largest absolute Gasteiger partial charge is 0.393 e. The number of likely N-dealkylation sites (tertiary alicyclic amines) is 1. The zero-order valence-electron chi connectivity index (χ0n) is 10.3. The molecule has 0 atom stereocenters. The van der Waals surface area contributed by atoms with Crippen molar-refractivity contribution in [1.29, 1.82) is 0 Å². The van der Waals surface area contributed by atoms with Gasteiger partial charge in [-0.2, -0.15) is 0 Å². The first-order chi connectivity index (χ1) is 8.74. The van der Waals surface area contributed by atoms with Crippen molar-refractivity contribution < 1.29 is 9.90 Å². The molecule has 3 rings (SSSR count). The average molecular weight is 250 g/mol. The second-order valence-electron chi connectivity index (χ2n) is 4.95. The summed E-state index contributed by atoms with van der Waals surface area (Å²) in [4.78, 5) is 18.4. The van der Waals surface area contributed by atoms with Gasteiger partial charge in [-0.05, 0) is 19.3 Å². The number of aromatic nitrogens is 2. The molecule has 1 saturated heterocycles. The Morgan fingerprint density at radius 2 is 2.17 bits per heavy atom. The van der Waals surface area contributed by atoms with Crippen molar-refractivity contribution in [2.24, 2.45) is 0 Å². The molecule has 0 unspecified atom stereocenters. The van der Waals surface area contributed by atoms with Gasteiger partial charge in [-0.3, -0.25) is 4.79 Å². The quantitative estimate of drug-likeness (QED) is 0.752. The number of carbonyl (C=O) groups is 1. The average Bonchev–Trinajstić information content (AvgIpc) is 2.82. The number of aryl methyl sites for hydroxylation is 1. The van der Waals surface area contributed by atoms with Gasteiger partial charge in [0.2, 0.25) is 5.95 Å². The summed E-state index contributed by atoms with van der Waals surface area (Å²) in [6.07, 6.45) is 3.96. The first-order valence-electron chi connectivity index (χ1n) is 6.52. The molecule has 2 aliphatic rings. The predicted molar refractivity (Wildman–Crippen MR) is 66.5 cm³/mol. The maximum Gasteiger partial charge on any atom is 0.274 e. The van der Waals surface area contributed by atoms with E-state index in [1.807, 2.05) is 10.8 Å². The number of piperidine rings is 1. The molecular weight excluding hydrogens is 232 g/mol. The summed E-state index contributed by atoms with van der Waals surface area (Å²) in [7, 11) is 0. The van der Waals surface area contributed by atoms with Crippen LogP contribution in [0.15, 0.2) is 6.20 Å². The minimum atomic E-state index is -0.258. The van der Waals surface area contributed by atoms with Gasteiger partial charge < -0.3 is 19.9 Å². The van der Waals surface area contributed by atoms with E-state index >= 15 is 0 Å². The lowest BCUT2D eigenvalue weighted by atomic mass is 10.1. The number of imidazole rings is 1. The van der Waals surface area contributed by atoms with Gasteiger partial charge in [0, 0.05) is 32.4 Å². The summed E-state index contributed by atoms with van der Waals surface area (Å²) >= 11 is 0. The molecular formula is C12H18N4O2. The maximum atomic E-state index is 12.3. The zero-order valence-corrected chi connectivity index (χ0v) is 10.3. The first-order valence-corrected chi connectivity index (χ1v) is 6.52. The Labute approximate surface area is 106 Å². The van der Waals surface area contributed by atoms with E-state index < -0.39 is 0 Å². The summed E-state index contributed by atoms with van der Waals surface area (Å²) in [6, 6.07) is 0. The lowest BCUT2D eigenvalue weighted by Crippen LogP contribution is -2.40. The van der Waals surface area contributed by atoms with E-state index in [9.17, 15) is 9.90 Å². The summed E-state index contributed by atoms with van der Waals surface area (Å²) in [5.74, 6) is 0.771. The van der Waals surface area contributed by atoms with Gasteiger partial charge in [-0.25, -0.2) is 4.98 Å². The molecule has 2 aliphatic heterocycles. The second-order valence-corrected chi connectivity index (χ2v) is 4.95. The third-order valence-electron chi connectivity index (χ3n) is 3.61. The summed E-state index contributed by atoms with van der Waals surface area (Å²) in [6.45, 7) is 3.08. The van der Waals surface area contributed by atoms with E-state index in [1.54, 1.807) is 4.90 Å². The standard InChI is InChI=1S/C12H18N4O2/c17-9-2-6-15(7-3-9)11(18)10-8-16-5-1-4-13-12(16)14-10/h8-9,17H,1-7H2,(H,13,14). The highest BCUT2D eigenvalue weighted by Crippen LogP contribution is 2.17. The van der Waals surface area contributed by atoms with Crippen LogP contribution in [0.2, 0.25) is 0 Å². The number of rotatable bonds is 1. The number of hydrogen-bond acceptors (Lipinski definition) is 4. The number of anilines is 1. The molecule has 1 amide bonds. The van der Waals surface area contributed by atoms with Crippen LogP contribution >= 0.6 is 0 Å². The third kappa shape index (κ3) is 2.08. The van der Waals surface area contributed by atoms with Crippen LogP contribution in [0.4, 0.5) is 5.95 Å². The van der Waals surface area contributed by atoms with Crippen LogP contribution < -0.4 is 5.32 Å². The molecule has 6 nitrogen and oxygen atoms in total. The molecule has 2 N–H and O–H groups in total. The lowest BCUT2D eigenvalue weighted by Gasteiger charge is -2.28. The fraction of sp³-hybridized carbons (Fsp3) is 0.667.